The van der Waals surface area contributed by atoms with Gasteiger partial charge in [0.05, 0.1) is 12.7 Å². The van der Waals surface area contributed by atoms with Crippen LogP contribution >= 0.6 is 0 Å². The molecule has 4 heteroatoms. The quantitative estimate of drug-likeness (QED) is 0.880. The maximum Gasteiger partial charge on any atom is 0.252 e. The number of hydrogen-bond acceptors (Lipinski definition) is 3. The number of hydrogen-bond donors (Lipinski definition) is 2. The van der Waals surface area contributed by atoms with E-state index in [-0.39, 0.29) is 11.7 Å². The zero-order chi connectivity index (χ0) is 14.1. The summed E-state index contributed by atoms with van der Waals surface area (Å²) < 4.78 is 5.32. The number of carbonyl (C=O) groups excluding carboxylic acids is 1. The molecule has 1 aliphatic heterocycles. The molecule has 2 N–H and O–H groups in total. The Hall–Kier alpha value is -2.49. The molecule has 1 amide bonds. The molecular formula is C16H15NO3. The molecule has 2 aromatic carbocycles. The zero-order valence-corrected chi connectivity index (χ0v) is 11.1. The second kappa shape index (κ2) is 4.89. The van der Waals surface area contributed by atoms with Crippen molar-refractivity contribution in [2.75, 3.05) is 13.7 Å². The van der Waals surface area contributed by atoms with Crippen molar-refractivity contribution in [1.82, 2.24) is 5.32 Å². The van der Waals surface area contributed by atoms with Gasteiger partial charge in [0.2, 0.25) is 0 Å². The number of benzene rings is 2. The van der Waals surface area contributed by atoms with Crippen LogP contribution in [0.2, 0.25) is 0 Å². The first-order chi connectivity index (χ1) is 9.69. The fourth-order valence-electron chi connectivity index (χ4n) is 2.52. The third-order valence-electron chi connectivity index (χ3n) is 3.51. The van der Waals surface area contributed by atoms with Crippen molar-refractivity contribution in [1.29, 1.82) is 0 Å². The summed E-state index contributed by atoms with van der Waals surface area (Å²) in [6.07, 6.45) is 0.795. The van der Waals surface area contributed by atoms with Crippen LogP contribution in [0.4, 0.5) is 0 Å². The van der Waals surface area contributed by atoms with Crippen LogP contribution in [0.3, 0.4) is 0 Å². The number of fused-ring (bicyclic) bond motifs is 1. The molecule has 0 radical (unpaired) electrons. The summed E-state index contributed by atoms with van der Waals surface area (Å²) in [4.78, 5) is 12.1. The molecule has 0 fully saturated rings. The highest BCUT2D eigenvalue weighted by molar-refractivity contribution is 6.03. The van der Waals surface area contributed by atoms with Gasteiger partial charge in [-0.15, -0.1) is 0 Å². The lowest BCUT2D eigenvalue weighted by Gasteiger charge is -2.21. The van der Waals surface area contributed by atoms with Gasteiger partial charge in [0, 0.05) is 6.54 Å². The molecule has 0 aliphatic carbocycles. The van der Waals surface area contributed by atoms with Crippen molar-refractivity contribution in [2.45, 2.75) is 6.42 Å². The molecule has 0 aromatic heterocycles. The lowest BCUT2D eigenvalue weighted by Crippen LogP contribution is -2.32. The number of ether oxygens (including phenoxy) is 1. The van der Waals surface area contributed by atoms with Gasteiger partial charge in [-0.2, -0.15) is 0 Å². The van der Waals surface area contributed by atoms with Crippen LogP contribution in [0.1, 0.15) is 15.9 Å². The maximum absolute atomic E-state index is 12.1. The number of phenolic OH excluding ortho intramolecular Hbond substituents is 1. The van der Waals surface area contributed by atoms with E-state index < -0.39 is 0 Å². The number of amides is 1. The van der Waals surface area contributed by atoms with Crippen LogP contribution in [-0.4, -0.2) is 24.7 Å². The van der Waals surface area contributed by atoms with Crippen LogP contribution in [0.25, 0.3) is 11.1 Å². The van der Waals surface area contributed by atoms with Crippen molar-refractivity contribution in [3.63, 3.8) is 0 Å². The van der Waals surface area contributed by atoms with Gasteiger partial charge in [-0.3, -0.25) is 4.79 Å². The van der Waals surface area contributed by atoms with Gasteiger partial charge in [0.25, 0.3) is 5.91 Å². The summed E-state index contributed by atoms with van der Waals surface area (Å²) in [6, 6.07) is 10.6. The summed E-state index contributed by atoms with van der Waals surface area (Å²) in [6.45, 7) is 0.647. The van der Waals surface area contributed by atoms with Crippen LogP contribution in [0, 0.1) is 0 Å². The van der Waals surface area contributed by atoms with E-state index in [1.165, 1.54) is 0 Å². The van der Waals surface area contributed by atoms with E-state index in [0.29, 0.717) is 12.1 Å². The first-order valence-corrected chi connectivity index (χ1v) is 6.47. The van der Waals surface area contributed by atoms with Crippen LogP contribution < -0.4 is 10.1 Å². The molecule has 0 bridgehead atoms. The largest absolute Gasteiger partial charge is 0.508 e. The summed E-state index contributed by atoms with van der Waals surface area (Å²) in [5, 5.41) is 12.3. The SMILES string of the molecule is COc1cc2c(c(-c3ccc(O)cc3)c1)C(=O)NCC2. The first kappa shape index (κ1) is 12.5. The highest BCUT2D eigenvalue weighted by Gasteiger charge is 2.22. The molecule has 3 rings (SSSR count). The van der Waals surface area contributed by atoms with Gasteiger partial charge in [-0.05, 0) is 47.4 Å². The topological polar surface area (TPSA) is 58.6 Å². The van der Waals surface area contributed by atoms with Crippen molar-refractivity contribution in [2.24, 2.45) is 0 Å². The molecule has 1 heterocycles. The number of aromatic hydroxyl groups is 1. The number of rotatable bonds is 2. The lowest BCUT2D eigenvalue weighted by atomic mass is 9.91. The van der Waals surface area contributed by atoms with Gasteiger partial charge in [-0.25, -0.2) is 0 Å². The average Bonchev–Trinajstić information content (AvgIpc) is 2.47. The van der Waals surface area contributed by atoms with Gasteiger partial charge >= 0.3 is 0 Å². The van der Waals surface area contributed by atoms with Crippen LogP contribution in [0.15, 0.2) is 36.4 Å². The lowest BCUT2D eigenvalue weighted by molar-refractivity contribution is 0.0946. The summed E-state index contributed by atoms with van der Waals surface area (Å²) >= 11 is 0. The fraction of sp³-hybridized carbons (Fsp3) is 0.188. The Morgan fingerprint density at radius 3 is 2.65 bits per heavy atom. The van der Waals surface area contributed by atoms with Crippen molar-refractivity contribution < 1.29 is 14.6 Å². The van der Waals surface area contributed by atoms with E-state index in [4.69, 9.17) is 4.74 Å². The smallest absolute Gasteiger partial charge is 0.252 e. The minimum atomic E-state index is -0.0584. The molecule has 0 unspecified atom stereocenters. The van der Waals surface area contributed by atoms with Crippen LogP contribution in [0.5, 0.6) is 11.5 Å². The summed E-state index contributed by atoms with van der Waals surface area (Å²) in [5.41, 5.74) is 3.41. The second-order valence-electron chi connectivity index (χ2n) is 4.76. The van der Waals surface area contributed by atoms with E-state index >= 15 is 0 Å². The molecule has 0 saturated heterocycles. The molecule has 102 valence electrons. The average molecular weight is 269 g/mol. The zero-order valence-electron chi connectivity index (χ0n) is 11.1. The van der Waals surface area contributed by atoms with Crippen LogP contribution in [-0.2, 0) is 6.42 Å². The van der Waals surface area contributed by atoms with Crippen molar-refractivity contribution in [3.8, 4) is 22.6 Å². The van der Waals surface area contributed by atoms with Gasteiger partial charge in [0.1, 0.15) is 11.5 Å². The van der Waals surface area contributed by atoms with Gasteiger partial charge in [0.15, 0.2) is 0 Å². The van der Waals surface area contributed by atoms with Gasteiger partial charge < -0.3 is 15.2 Å². The number of nitrogens with one attached hydrogen (secondary N) is 1. The van der Waals surface area contributed by atoms with E-state index in [0.717, 1.165) is 28.9 Å². The molecule has 0 spiro atoms. The predicted octanol–water partition coefficient (Wildman–Crippen LogP) is 2.35. The monoisotopic (exact) mass is 269 g/mol. The third-order valence-corrected chi connectivity index (χ3v) is 3.51. The Balaban J connectivity index is 2.22. The first-order valence-electron chi connectivity index (χ1n) is 6.47. The Bertz CT molecular complexity index is 662. The maximum atomic E-state index is 12.1. The van der Waals surface area contributed by atoms with Gasteiger partial charge in [-0.1, -0.05) is 12.1 Å². The highest BCUT2D eigenvalue weighted by Crippen LogP contribution is 2.33. The number of carbonyl (C=O) groups is 1. The Labute approximate surface area is 117 Å². The summed E-state index contributed by atoms with van der Waals surface area (Å²) in [5.74, 6) is 0.883. The number of phenols is 1. The normalized spacial score (nSPS) is 13.6. The fourth-order valence-corrected chi connectivity index (χ4v) is 2.52. The van der Waals surface area contributed by atoms with Crippen molar-refractivity contribution >= 4 is 5.91 Å². The second-order valence-corrected chi connectivity index (χ2v) is 4.76. The molecule has 4 nitrogen and oxygen atoms in total. The minimum absolute atomic E-state index is 0.0584. The van der Waals surface area contributed by atoms with Crippen molar-refractivity contribution in [3.05, 3.63) is 47.5 Å². The number of methoxy groups -OCH3 is 1. The predicted molar refractivity (Wildman–Crippen MR) is 76.1 cm³/mol. The third kappa shape index (κ3) is 2.09. The molecular weight excluding hydrogens is 254 g/mol. The van der Waals surface area contributed by atoms with E-state index in [9.17, 15) is 9.90 Å². The molecule has 2 aromatic rings. The Kier molecular flexibility index (Phi) is 3.06. The molecule has 1 aliphatic rings. The molecule has 0 saturated carbocycles. The standard InChI is InChI=1S/C16H15NO3/c1-20-13-8-11-6-7-17-16(19)15(11)14(9-13)10-2-4-12(18)5-3-10/h2-5,8-9,18H,6-7H2,1H3,(H,17,19). The molecule has 0 atom stereocenters. The van der Waals surface area contributed by atoms with E-state index in [1.807, 2.05) is 12.1 Å². The Morgan fingerprint density at radius 1 is 1.20 bits per heavy atom. The van der Waals surface area contributed by atoms with E-state index in [2.05, 4.69) is 5.32 Å². The summed E-state index contributed by atoms with van der Waals surface area (Å²) in [7, 11) is 1.62. The highest BCUT2D eigenvalue weighted by atomic mass is 16.5. The van der Waals surface area contributed by atoms with E-state index in [1.54, 1.807) is 31.4 Å². The Morgan fingerprint density at radius 2 is 1.95 bits per heavy atom. The minimum Gasteiger partial charge on any atom is -0.508 e. The molecule has 20 heavy (non-hydrogen) atoms.